The summed E-state index contributed by atoms with van der Waals surface area (Å²) in [6, 6.07) is 8.53. The average Bonchev–Trinajstić information content (AvgIpc) is 2.91. The maximum absolute atomic E-state index is 4.68. The Morgan fingerprint density at radius 3 is 2.48 bits per heavy atom. The first-order valence-electron chi connectivity index (χ1n) is 6.99. The fourth-order valence-corrected chi connectivity index (χ4v) is 2.26. The highest BCUT2D eigenvalue weighted by molar-refractivity contribution is 5.79. The number of rotatable bonds is 4. The van der Waals surface area contributed by atoms with Gasteiger partial charge in [0.05, 0.1) is 12.9 Å². The van der Waals surface area contributed by atoms with Gasteiger partial charge in [0, 0.05) is 47.1 Å². The third-order valence-corrected chi connectivity index (χ3v) is 3.12. The Labute approximate surface area is 126 Å². The number of aromatic nitrogens is 2. The molecule has 0 aliphatic rings. The van der Waals surface area contributed by atoms with Gasteiger partial charge in [-0.2, -0.15) is 0 Å². The fraction of sp³-hybridized carbons (Fsp3) is 0.375. The molecule has 0 spiro atoms. The van der Waals surface area contributed by atoms with Crippen LogP contribution < -0.4 is 0 Å². The van der Waals surface area contributed by atoms with Gasteiger partial charge in [0.25, 0.3) is 0 Å². The molecule has 1 aromatic heterocycles. The van der Waals surface area contributed by atoms with Crippen molar-refractivity contribution >= 4 is 5.96 Å². The summed E-state index contributed by atoms with van der Waals surface area (Å²) in [5.41, 5.74) is 2.48. The van der Waals surface area contributed by atoms with Crippen molar-refractivity contribution in [2.24, 2.45) is 4.99 Å². The van der Waals surface area contributed by atoms with Crippen molar-refractivity contribution in [3.05, 3.63) is 54.1 Å². The molecular formula is C16H23N5. The van der Waals surface area contributed by atoms with E-state index in [1.54, 1.807) is 6.20 Å². The van der Waals surface area contributed by atoms with E-state index in [1.165, 1.54) is 11.1 Å². The van der Waals surface area contributed by atoms with Crippen molar-refractivity contribution in [3.8, 4) is 0 Å². The molecule has 0 aliphatic heterocycles. The molecule has 21 heavy (non-hydrogen) atoms. The molecule has 1 heterocycles. The van der Waals surface area contributed by atoms with Crippen LogP contribution in [0, 0.1) is 0 Å². The standard InChI is InChI=1S/C16H23N5/c1-19(2)16(20(3)4)18-11-14-6-5-7-15(10-14)12-21-9-8-17-13-21/h5-10,13H,11-12H2,1-4H3. The summed E-state index contributed by atoms with van der Waals surface area (Å²) in [5.74, 6) is 0.968. The van der Waals surface area contributed by atoms with Gasteiger partial charge in [-0.3, -0.25) is 0 Å². The van der Waals surface area contributed by atoms with Gasteiger partial charge >= 0.3 is 0 Å². The summed E-state index contributed by atoms with van der Waals surface area (Å²) in [6.45, 7) is 1.52. The van der Waals surface area contributed by atoms with E-state index in [4.69, 9.17) is 0 Å². The van der Waals surface area contributed by atoms with E-state index in [-0.39, 0.29) is 0 Å². The minimum atomic E-state index is 0.684. The Morgan fingerprint density at radius 1 is 1.14 bits per heavy atom. The Hall–Kier alpha value is -2.30. The number of guanidine groups is 1. The zero-order valence-corrected chi connectivity index (χ0v) is 13.2. The van der Waals surface area contributed by atoms with Gasteiger partial charge in [-0.1, -0.05) is 24.3 Å². The van der Waals surface area contributed by atoms with Gasteiger partial charge in [0.1, 0.15) is 0 Å². The van der Waals surface area contributed by atoms with Crippen LogP contribution in [-0.4, -0.2) is 53.5 Å². The van der Waals surface area contributed by atoms with E-state index in [0.29, 0.717) is 6.54 Å². The minimum absolute atomic E-state index is 0.684. The Balaban J connectivity index is 2.09. The van der Waals surface area contributed by atoms with Crippen molar-refractivity contribution in [1.29, 1.82) is 0 Å². The van der Waals surface area contributed by atoms with E-state index in [1.807, 2.05) is 50.5 Å². The number of aliphatic imine (C=N–C) groups is 1. The fourth-order valence-electron chi connectivity index (χ4n) is 2.26. The van der Waals surface area contributed by atoms with Crippen LogP contribution in [0.1, 0.15) is 11.1 Å². The van der Waals surface area contributed by atoms with Crippen molar-refractivity contribution in [1.82, 2.24) is 19.4 Å². The highest BCUT2D eigenvalue weighted by Gasteiger charge is 2.04. The predicted octanol–water partition coefficient (Wildman–Crippen LogP) is 1.91. The minimum Gasteiger partial charge on any atom is -0.349 e. The van der Waals surface area contributed by atoms with Crippen molar-refractivity contribution < 1.29 is 0 Å². The largest absolute Gasteiger partial charge is 0.349 e. The SMILES string of the molecule is CN(C)C(=NCc1cccc(Cn2ccnc2)c1)N(C)C. The lowest BCUT2D eigenvalue weighted by atomic mass is 10.1. The number of nitrogens with zero attached hydrogens (tertiary/aromatic N) is 5. The van der Waals surface area contributed by atoms with Gasteiger partial charge < -0.3 is 14.4 Å². The molecule has 0 N–H and O–H groups in total. The zero-order valence-electron chi connectivity index (χ0n) is 13.2. The third kappa shape index (κ3) is 4.34. The highest BCUT2D eigenvalue weighted by Crippen LogP contribution is 2.09. The lowest BCUT2D eigenvalue weighted by Gasteiger charge is -2.22. The lowest BCUT2D eigenvalue weighted by molar-refractivity contribution is 0.479. The van der Waals surface area contributed by atoms with Crippen LogP contribution in [0.4, 0.5) is 0 Å². The maximum atomic E-state index is 4.68. The van der Waals surface area contributed by atoms with Gasteiger partial charge in [0.2, 0.25) is 0 Å². The van der Waals surface area contributed by atoms with Gasteiger partial charge in [-0.15, -0.1) is 0 Å². The van der Waals surface area contributed by atoms with Crippen LogP contribution in [0.3, 0.4) is 0 Å². The molecule has 1 aromatic carbocycles. The van der Waals surface area contributed by atoms with Crippen LogP contribution in [0.15, 0.2) is 48.0 Å². The van der Waals surface area contributed by atoms with E-state index in [0.717, 1.165) is 12.5 Å². The predicted molar refractivity (Wildman–Crippen MR) is 86.3 cm³/mol. The topological polar surface area (TPSA) is 36.7 Å². The quantitative estimate of drug-likeness (QED) is 0.636. The molecule has 5 nitrogen and oxygen atoms in total. The summed E-state index contributed by atoms with van der Waals surface area (Å²) < 4.78 is 2.06. The summed E-state index contributed by atoms with van der Waals surface area (Å²) in [7, 11) is 8.03. The summed E-state index contributed by atoms with van der Waals surface area (Å²) in [6.07, 6.45) is 5.61. The second-order valence-electron chi connectivity index (χ2n) is 5.46. The summed E-state index contributed by atoms with van der Waals surface area (Å²) in [5, 5.41) is 0. The molecular weight excluding hydrogens is 262 g/mol. The second kappa shape index (κ2) is 6.92. The summed E-state index contributed by atoms with van der Waals surface area (Å²) >= 11 is 0. The molecule has 112 valence electrons. The second-order valence-corrected chi connectivity index (χ2v) is 5.46. The van der Waals surface area contributed by atoms with Crippen molar-refractivity contribution in [2.75, 3.05) is 28.2 Å². The number of benzene rings is 1. The number of imidazole rings is 1. The molecule has 0 radical (unpaired) electrons. The first kappa shape index (κ1) is 15.1. The van der Waals surface area contributed by atoms with Gasteiger partial charge in [0.15, 0.2) is 5.96 Å². The molecule has 0 unspecified atom stereocenters. The molecule has 0 bridgehead atoms. The summed E-state index contributed by atoms with van der Waals surface area (Å²) in [4.78, 5) is 12.8. The van der Waals surface area contributed by atoms with Crippen molar-refractivity contribution in [3.63, 3.8) is 0 Å². The Morgan fingerprint density at radius 2 is 1.86 bits per heavy atom. The molecule has 0 atom stereocenters. The van der Waals surface area contributed by atoms with Crippen LogP contribution in [0.25, 0.3) is 0 Å². The van der Waals surface area contributed by atoms with Gasteiger partial charge in [-0.25, -0.2) is 9.98 Å². The van der Waals surface area contributed by atoms with E-state index < -0.39 is 0 Å². The highest BCUT2D eigenvalue weighted by atomic mass is 15.3. The van der Waals surface area contributed by atoms with E-state index >= 15 is 0 Å². The first-order chi connectivity index (χ1) is 10.1. The van der Waals surface area contributed by atoms with Crippen LogP contribution in [0.5, 0.6) is 0 Å². The van der Waals surface area contributed by atoms with Crippen LogP contribution >= 0.6 is 0 Å². The maximum Gasteiger partial charge on any atom is 0.195 e. The lowest BCUT2D eigenvalue weighted by Crippen LogP contribution is -2.35. The molecule has 2 rings (SSSR count). The molecule has 5 heteroatoms. The number of hydrogen-bond acceptors (Lipinski definition) is 2. The monoisotopic (exact) mass is 285 g/mol. The van der Waals surface area contributed by atoms with Crippen LogP contribution in [0.2, 0.25) is 0 Å². The Kier molecular flexibility index (Phi) is 4.98. The first-order valence-corrected chi connectivity index (χ1v) is 6.99. The normalized spacial score (nSPS) is 10.3. The Bertz CT molecular complexity index is 574. The number of hydrogen-bond donors (Lipinski definition) is 0. The van der Waals surface area contributed by atoms with Gasteiger partial charge in [-0.05, 0) is 11.1 Å². The molecule has 2 aromatic rings. The third-order valence-electron chi connectivity index (χ3n) is 3.12. The van der Waals surface area contributed by atoms with Crippen molar-refractivity contribution in [2.45, 2.75) is 13.1 Å². The van der Waals surface area contributed by atoms with Crippen LogP contribution in [-0.2, 0) is 13.1 Å². The van der Waals surface area contributed by atoms with E-state index in [2.05, 4.69) is 38.8 Å². The molecule has 0 amide bonds. The molecule has 0 saturated carbocycles. The smallest absolute Gasteiger partial charge is 0.195 e. The average molecular weight is 285 g/mol. The molecule has 0 fully saturated rings. The molecule has 0 saturated heterocycles. The zero-order chi connectivity index (χ0) is 15.2. The molecule has 0 aliphatic carbocycles. The van der Waals surface area contributed by atoms with E-state index in [9.17, 15) is 0 Å².